The first-order chi connectivity index (χ1) is 11.3. The Bertz CT molecular complexity index is 579. The second-order valence-corrected chi connectivity index (χ2v) is 6.88. The summed E-state index contributed by atoms with van der Waals surface area (Å²) in [5, 5.41) is 12.2. The predicted octanol–water partition coefficient (Wildman–Crippen LogP) is 1.92. The molecule has 1 aliphatic rings. The first-order valence-corrected chi connectivity index (χ1v) is 8.17. The highest BCUT2D eigenvalue weighted by Gasteiger charge is 2.30. The van der Waals surface area contributed by atoms with E-state index in [2.05, 4.69) is 15.3 Å². The highest BCUT2D eigenvalue weighted by molar-refractivity contribution is 6.31. The second-order valence-electron chi connectivity index (χ2n) is 6.48. The van der Waals surface area contributed by atoms with E-state index in [4.69, 9.17) is 26.2 Å². The average molecular weight is 359 g/mol. The van der Waals surface area contributed by atoms with Gasteiger partial charge in [-0.1, -0.05) is 11.6 Å². The van der Waals surface area contributed by atoms with Gasteiger partial charge in [0.25, 0.3) is 0 Å². The van der Waals surface area contributed by atoms with E-state index in [0.29, 0.717) is 19.0 Å². The number of aliphatic hydroxyl groups is 1. The van der Waals surface area contributed by atoms with Gasteiger partial charge in [0.05, 0.1) is 12.8 Å². The maximum atomic E-state index is 12.1. The Morgan fingerprint density at radius 1 is 1.54 bits per heavy atom. The van der Waals surface area contributed by atoms with Gasteiger partial charge in [0.2, 0.25) is 11.8 Å². The van der Waals surface area contributed by atoms with E-state index in [1.807, 2.05) is 20.8 Å². The maximum absolute atomic E-state index is 12.1. The number of halogens is 1. The molecule has 0 spiro atoms. The highest BCUT2D eigenvalue weighted by atomic mass is 35.5. The molecule has 2 heterocycles. The summed E-state index contributed by atoms with van der Waals surface area (Å²) in [7, 11) is 0. The van der Waals surface area contributed by atoms with E-state index < -0.39 is 5.60 Å². The smallest absolute Gasteiger partial charge is 0.410 e. The number of ether oxygens (including phenoxy) is 2. The SMILES string of the molecule is CC(C)(C)OC(=O)N1CC[C@H](Nc2ncc(Cl)c(OCCO)n2)C1. The summed E-state index contributed by atoms with van der Waals surface area (Å²) in [5.74, 6) is 0.577. The van der Waals surface area contributed by atoms with E-state index in [9.17, 15) is 4.79 Å². The van der Waals surface area contributed by atoms with Crippen molar-refractivity contribution in [1.29, 1.82) is 0 Å². The fourth-order valence-electron chi connectivity index (χ4n) is 2.22. The van der Waals surface area contributed by atoms with Gasteiger partial charge in [0.15, 0.2) is 0 Å². The molecule has 134 valence electrons. The summed E-state index contributed by atoms with van der Waals surface area (Å²) in [6.07, 6.45) is 1.87. The summed E-state index contributed by atoms with van der Waals surface area (Å²) >= 11 is 5.95. The Hall–Kier alpha value is -1.80. The van der Waals surface area contributed by atoms with Gasteiger partial charge in [-0.2, -0.15) is 4.98 Å². The van der Waals surface area contributed by atoms with Gasteiger partial charge >= 0.3 is 6.09 Å². The van der Waals surface area contributed by atoms with Gasteiger partial charge in [-0.05, 0) is 27.2 Å². The van der Waals surface area contributed by atoms with Crippen molar-refractivity contribution < 1.29 is 19.4 Å². The molecule has 0 unspecified atom stereocenters. The summed E-state index contributed by atoms with van der Waals surface area (Å²) < 4.78 is 10.6. The third-order valence-corrected chi connectivity index (χ3v) is 3.47. The molecule has 2 N–H and O–H groups in total. The summed E-state index contributed by atoms with van der Waals surface area (Å²) in [4.78, 5) is 22.0. The summed E-state index contributed by atoms with van der Waals surface area (Å²) in [6.45, 7) is 6.61. The van der Waals surface area contributed by atoms with Crippen molar-refractivity contribution in [2.75, 3.05) is 31.6 Å². The van der Waals surface area contributed by atoms with Crippen LogP contribution in [0, 0.1) is 0 Å². The van der Waals surface area contributed by atoms with Crippen LogP contribution >= 0.6 is 11.6 Å². The normalized spacial score (nSPS) is 17.7. The first-order valence-electron chi connectivity index (χ1n) is 7.79. The molecule has 1 aromatic rings. The van der Waals surface area contributed by atoms with E-state index in [1.165, 1.54) is 6.20 Å². The van der Waals surface area contributed by atoms with Crippen molar-refractivity contribution in [3.63, 3.8) is 0 Å². The van der Waals surface area contributed by atoms with Crippen LogP contribution in [0.1, 0.15) is 27.2 Å². The van der Waals surface area contributed by atoms with Gasteiger partial charge in [-0.15, -0.1) is 0 Å². The zero-order valence-electron chi connectivity index (χ0n) is 14.1. The molecule has 1 atom stereocenters. The van der Waals surface area contributed by atoms with Crippen LogP contribution in [0.2, 0.25) is 5.02 Å². The van der Waals surface area contributed by atoms with E-state index >= 15 is 0 Å². The van der Waals surface area contributed by atoms with Crippen LogP contribution in [0.5, 0.6) is 5.88 Å². The van der Waals surface area contributed by atoms with E-state index in [0.717, 1.165) is 6.42 Å². The lowest BCUT2D eigenvalue weighted by atomic mass is 10.2. The zero-order chi connectivity index (χ0) is 17.7. The van der Waals surface area contributed by atoms with Crippen molar-refractivity contribution in [2.45, 2.75) is 38.8 Å². The van der Waals surface area contributed by atoms with Crippen molar-refractivity contribution in [3.8, 4) is 5.88 Å². The number of likely N-dealkylation sites (tertiary alicyclic amines) is 1. The van der Waals surface area contributed by atoms with Gasteiger partial charge < -0.3 is 24.8 Å². The van der Waals surface area contributed by atoms with Crippen LogP contribution in [0.4, 0.5) is 10.7 Å². The number of hydrogen-bond donors (Lipinski definition) is 2. The zero-order valence-corrected chi connectivity index (χ0v) is 14.8. The minimum Gasteiger partial charge on any atom is -0.474 e. The number of anilines is 1. The molecule has 1 aromatic heterocycles. The number of aromatic nitrogens is 2. The molecular formula is C15H23ClN4O4. The molecule has 2 rings (SSSR count). The molecule has 1 amide bonds. The average Bonchev–Trinajstić information content (AvgIpc) is 2.95. The molecule has 1 saturated heterocycles. The fourth-order valence-corrected chi connectivity index (χ4v) is 2.36. The molecule has 24 heavy (non-hydrogen) atoms. The van der Waals surface area contributed by atoms with Crippen LogP contribution in [-0.2, 0) is 4.74 Å². The Morgan fingerprint density at radius 2 is 2.29 bits per heavy atom. The van der Waals surface area contributed by atoms with Gasteiger partial charge in [0.1, 0.15) is 17.2 Å². The molecule has 9 heteroatoms. The van der Waals surface area contributed by atoms with Crippen LogP contribution in [0.25, 0.3) is 0 Å². The second kappa shape index (κ2) is 7.85. The van der Waals surface area contributed by atoms with Crippen LogP contribution < -0.4 is 10.1 Å². The number of rotatable bonds is 5. The third-order valence-electron chi connectivity index (χ3n) is 3.22. The predicted molar refractivity (Wildman–Crippen MR) is 89.5 cm³/mol. The number of carbonyl (C=O) groups excluding carboxylic acids is 1. The number of carbonyl (C=O) groups is 1. The third kappa shape index (κ3) is 5.38. The van der Waals surface area contributed by atoms with Gasteiger partial charge in [-0.3, -0.25) is 0 Å². The fraction of sp³-hybridized carbons (Fsp3) is 0.667. The summed E-state index contributed by atoms with van der Waals surface area (Å²) in [6, 6.07) is 0.0179. The lowest BCUT2D eigenvalue weighted by molar-refractivity contribution is 0.0293. The van der Waals surface area contributed by atoms with Crippen molar-refractivity contribution in [3.05, 3.63) is 11.2 Å². The Labute approximate surface area is 146 Å². The number of aliphatic hydroxyl groups excluding tert-OH is 1. The Kier molecular flexibility index (Phi) is 6.06. The molecule has 0 bridgehead atoms. The van der Waals surface area contributed by atoms with Gasteiger partial charge in [-0.25, -0.2) is 9.78 Å². The van der Waals surface area contributed by atoms with Crippen LogP contribution in [0.3, 0.4) is 0 Å². The number of nitrogens with one attached hydrogen (secondary N) is 1. The van der Waals surface area contributed by atoms with E-state index in [-0.39, 0.29) is 36.3 Å². The summed E-state index contributed by atoms with van der Waals surface area (Å²) in [5.41, 5.74) is -0.513. The van der Waals surface area contributed by atoms with Gasteiger partial charge in [0, 0.05) is 19.1 Å². The number of nitrogens with zero attached hydrogens (tertiary/aromatic N) is 3. The monoisotopic (exact) mass is 358 g/mol. The topological polar surface area (TPSA) is 96.8 Å². The molecule has 0 aliphatic carbocycles. The molecule has 1 aliphatic heterocycles. The minimum atomic E-state index is -0.513. The molecule has 8 nitrogen and oxygen atoms in total. The lowest BCUT2D eigenvalue weighted by Crippen LogP contribution is -2.36. The molecule has 0 saturated carbocycles. The largest absolute Gasteiger partial charge is 0.474 e. The molecule has 0 aromatic carbocycles. The van der Waals surface area contributed by atoms with Crippen molar-refractivity contribution in [1.82, 2.24) is 14.9 Å². The molecule has 1 fully saturated rings. The lowest BCUT2D eigenvalue weighted by Gasteiger charge is -2.24. The Balaban J connectivity index is 1.92. The van der Waals surface area contributed by atoms with Crippen LogP contribution in [0.15, 0.2) is 6.20 Å². The van der Waals surface area contributed by atoms with Crippen molar-refractivity contribution >= 4 is 23.6 Å². The number of amides is 1. The Morgan fingerprint density at radius 3 is 2.96 bits per heavy atom. The standard InChI is InChI=1S/C15H23ClN4O4/c1-15(2,3)24-14(22)20-5-4-10(9-20)18-13-17-8-11(16)12(19-13)23-7-6-21/h8,10,21H,4-7,9H2,1-3H3,(H,17,18,19)/t10-/m0/s1. The quantitative estimate of drug-likeness (QED) is 0.829. The van der Waals surface area contributed by atoms with Crippen LogP contribution in [-0.4, -0.2) is 64.0 Å². The minimum absolute atomic E-state index is 0.0179. The van der Waals surface area contributed by atoms with Crippen molar-refractivity contribution in [2.24, 2.45) is 0 Å². The highest BCUT2D eigenvalue weighted by Crippen LogP contribution is 2.23. The molecule has 0 radical (unpaired) electrons. The maximum Gasteiger partial charge on any atom is 0.410 e. The molecular weight excluding hydrogens is 336 g/mol. The first kappa shape index (κ1) is 18.5. The number of hydrogen-bond acceptors (Lipinski definition) is 7. The van der Waals surface area contributed by atoms with E-state index in [1.54, 1.807) is 4.90 Å².